The molecule has 0 aromatic heterocycles. The summed E-state index contributed by atoms with van der Waals surface area (Å²) >= 11 is 0. The van der Waals surface area contributed by atoms with Crippen LogP contribution in [-0.4, -0.2) is 37.6 Å². The number of nitrogens with one attached hydrogen (secondary N) is 2. The van der Waals surface area contributed by atoms with Crippen LogP contribution in [0.15, 0.2) is 84.9 Å². The molecule has 1 aliphatic heterocycles. The molecule has 5 nitrogen and oxygen atoms in total. The van der Waals surface area contributed by atoms with Crippen LogP contribution < -0.4 is 15.5 Å². The summed E-state index contributed by atoms with van der Waals surface area (Å²) in [5, 5.41) is 5.36. The molecule has 1 unspecified atom stereocenters. The molecule has 0 saturated carbocycles. The first-order chi connectivity index (χ1) is 22.9. The van der Waals surface area contributed by atoms with Gasteiger partial charge < -0.3 is 15.5 Å². The van der Waals surface area contributed by atoms with Gasteiger partial charge in [0.05, 0.1) is 11.6 Å². The van der Waals surface area contributed by atoms with Crippen LogP contribution in [0, 0.1) is 5.41 Å². The molecule has 1 atom stereocenters. The van der Waals surface area contributed by atoms with Gasteiger partial charge in [-0.15, -0.1) is 0 Å². The second-order valence-corrected chi connectivity index (χ2v) is 14.1. The van der Waals surface area contributed by atoms with E-state index in [2.05, 4.69) is 36.3 Å². The van der Waals surface area contributed by atoms with Gasteiger partial charge in [0, 0.05) is 29.9 Å². The molecule has 4 aromatic carbocycles. The van der Waals surface area contributed by atoms with Crippen molar-refractivity contribution in [1.82, 2.24) is 5.32 Å². The predicted octanol–water partition coefficient (Wildman–Crippen LogP) is 9.37. The summed E-state index contributed by atoms with van der Waals surface area (Å²) in [5.74, 6) is -1.94. The lowest BCUT2D eigenvalue weighted by molar-refractivity contribution is -0.138. The van der Waals surface area contributed by atoms with Gasteiger partial charge in [-0.2, -0.15) is 13.2 Å². The Morgan fingerprint density at radius 1 is 0.833 bits per heavy atom. The first kappa shape index (κ1) is 33.3. The summed E-state index contributed by atoms with van der Waals surface area (Å²) < 4.78 is 40.1. The highest BCUT2D eigenvalue weighted by Crippen LogP contribution is 2.53. The quantitative estimate of drug-likeness (QED) is 0.199. The third-order valence-electron chi connectivity index (χ3n) is 9.33. The molecule has 8 heteroatoms. The molecule has 1 saturated heterocycles. The Hall–Kier alpha value is -4.59. The molecule has 1 aliphatic carbocycles. The van der Waals surface area contributed by atoms with Crippen molar-refractivity contribution in [3.63, 3.8) is 0 Å². The topological polar surface area (TPSA) is 61.4 Å². The summed E-state index contributed by atoms with van der Waals surface area (Å²) in [5.41, 5.74) is 7.74. The van der Waals surface area contributed by atoms with Gasteiger partial charge in [-0.25, -0.2) is 0 Å². The minimum absolute atomic E-state index is 0.0235. The molecule has 1 heterocycles. The number of carbonyl (C=O) groups is 2. The van der Waals surface area contributed by atoms with Crippen molar-refractivity contribution in [2.24, 2.45) is 5.41 Å². The third-order valence-corrected chi connectivity index (χ3v) is 9.33. The minimum atomic E-state index is -4.55. The van der Waals surface area contributed by atoms with Crippen LogP contribution in [0.4, 0.5) is 24.5 Å². The monoisotopic (exact) mass is 653 g/mol. The number of amides is 2. The number of hydrogen-bond donors (Lipinski definition) is 2. The Morgan fingerprint density at radius 2 is 1.48 bits per heavy atom. The molecule has 0 spiro atoms. The number of fused-ring (bicyclic) bond motifs is 3. The number of alkyl halides is 3. The van der Waals surface area contributed by atoms with Crippen LogP contribution >= 0.6 is 0 Å². The highest BCUT2D eigenvalue weighted by Gasteiger charge is 2.40. The Bertz CT molecular complexity index is 1790. The first-order valence-electron chi connectivity index (χ1n) is 16.7. The fraction of sp³-hybridized carbons (Fsp3) is 0.350. The maximum atomic E-state index is 13.9. The van der Waals surface area contributed by atoms with Crippen molar-refractivity contribution in [3.05, 3.63) is 107 Å². The van der Waals surface area contributed by atoms with Gasteiger partial charge in [0.25, 0.3) is 5.91 Å². The number of hydrogen-bond acceptors (Lipinski definition) is 3. The van der Waals surface area contributed by atoms with Crippen molar-refractivity contribution in [1.29, 1.82) is 0 Å². The Balaban J connectivity index is 1.49. The lowest BCUT2D eigenvalue weighted by Crippen LogP contribution is -2.37. The molecule has 2 N–H and O–H groups in total. The second kappa shape index (κ2) is 13.5. The summed E-state index contributed by atoms with van der Waals surface area (Å²) in [6.45, 7) is 6.72. The Kier molecular flexibility index (Phi) is 9.37. The van der Waals surface area contributed by atoms with E-state index in [0.717, 1.165) is 66.7 Å². The first-order valence-corrected chi connectivity index (χ1v) is 16.7. The van der Waals surface area contributed by atoms with E-state index in [1.165, 1.54) is 0 Å². The van der Waals surface area contributed by atoms with Gasteiger partial charge in [0.2, 0.25) is 5.91 Å². The number of piperidine rings is 1. The standard InChI is InChI=1S/C40H42F3N3O2/c1-39(2,3)21-20-31-33(46-22-10-5-11-23-46)24-32(45-37(47)28-18-16-27(17-19-28)26-12-6-4-7-13-26)34-29-14-8-9-15-30(29)36(35(31)34)38(48)44-25-40(41,42)43/h4,6-9,12-19,24,36H,5,10-11,20-23,25H2,1-3H3,(H,44,48)(H,45,47). The molecular formula is C40H42F3N3O2. The summed E-state index contributed by atoms with van der Waals surface area (Å²) in [6, 6.07) is 26.8. The van der Waals surface area contributed by atoms with Gasteiger partial charge in [0.15, 0.2) is 0 Å². The molecular weight excluding hydrogens is 611 g/mol. The molecule has 2 aliphatic rings. The van der Waals surface area contributed by atoms with E-state index in [9.17, 15) is 22.8 Å². The zero-order valence-corrected chi connectivity index (χ0v) is 27.7. The number of anilines is 2. The smallest absolute Gasteiger partial charge is 0.371 e. The average molecular weight is 654 g/mol. The van der Waals surface area contributed by atoms with Crippen LogP contribution in [0.5, 0.6) is 0 Å². The highest BCUT2D eigenvalue weighted by molar-refractivity contribution is 6.10. The van der Waals surface area contributed by atoms with E-state index in [1.807, 2.05) is 72.8 Å². The zero-order valence-electron chi connectivity index (χ0n) is 27.7. The van der Waals surface area contributed by atoms with E-state index in [4.69, 9.17) is 0 Å². The van der Waals surface area contributed by atoms with Gasteiger partial charge in [0.1, 0.15) is 6.54 Å². The molecule has 1 fully saturated rings. The van der Waals surface area contributed by atoms with Crippen LogP contribution in [0.1, 0.15) is 79.4 Å². The van der Waals surface area contributed by atoms with E-state index >= 15 is 0 Å². The van der Waals surface area contributed by atoms with Gasteiger partial charge in [-0.05, 0) is 89.1 Å². The lowest BCUT2D eigenvalue weighted by atomic mass is 9.83. The van der Waals surface area contributed by atoms with Crippen LogP contribution in [0.2, 0.25) is 0 Å². The fourth-order valence-corrected chi connectivity index (χ4v) is 6.95. The summed E-state index contributed by atoms with van der Waals surface area (Å²) in [4.78, 5) is 30.1. The number of nitrogens with zero attached hydrogens (tertiary/aromatic N) is 1. The molecule has 250 valence electrons. The van der Waals surface area contributed by atoms with Crippen molar-refractivity contribution in [3.8, 4) is 22.3 Å². The normalized spacial score (nSPS) is 15.9. The maximum absolute atomic E-state index is 13.9. The van der Waals surface area contributed by atoms with Crippen LogP contribution in [-0.2, 0) is 11.2 Å². The largest absolute Gasteiger partial charge is 0.405 e. The molecule has 48 heavy (non-hydrogen) atoms. The van der Waals surface area contributed by atoms with E-state index in [0.29, 0.717) is 34.4 Å². The summed E-state index contributed by atoms with van der Waals surface area (Å²) in [6.07, 6.45) is 0.0601. The van der Waals surface area contributed by atoms with E-state index < -0.39 is 24.5 Å². The number of halogens is 3. The predicted molar refractivity (Wildman–Crippen MR) is 186 cm³/mol. The van der Waals surface area contributed by atoms with Crippen molar-refractivity contribution in [2.75, 3.05) is 29.9 Å². The SMILES string of the molecule is CC(C)(C)CCc1c(N2CCCCC2)cc(NC(=O)c2ccc(-c3ccccc3)cc2)c2c1C(C(=O)NCC(F)(F)F)c1ccccc1-2. The molecule has 6 rings (SSSR count). The van der Waals surface area contributed by atoms with Gasteiger partial charge in [-0.3, -0.25) is 9.59 Å². The van der Waals surface area contributed by atoms with Crippen LogP contribution in [0.3, 0.4) is 0 Å². The average Bonchev–Trinajstić information content (AvgIpc) is 3.42. The lowest BCUT2D eigenvalue weighted by Gasteiger charge is -2.34. The maximum Gasteiger partial charge on any atom is 0.405 e. The molecule has 0 radical (unpaired) electrons. The van der Waals surface area contributed by atoms with Crippen molar-refractivity contribution >= 4 is 23.2 Å². The Labute approximate surface area is 280 Å². The summed E-state index contributed by atoms with van der Waals surface area (Å²) in [7, 11) is 0. The number of carbonyl (C=O) groups excluding carboxylic acids is 2. The van der Waals surface area contributed by atoms with Crippen LogP contribution in [0.25, 0.3) is 22.3 Å². The third kappa shape index (κ3) is 7.28. The van der Waals surface area contributed by atoms with Crippen molar-refractivity contribution in [2.45, 2.75) is 65.0 Å². The van der Waals surface area contributed by atoms with E-state index in [1.54, 1.807) is 12.1 Å². The van der Waals surface area contributed by atoms with Gasteiger partial charge in [-0.1, -0.05) is 87.5 Å². The van der Waals surface area contributed by atoms with Gasteiger partial charge >= 0.3 is 6.18 Å². The van der Waals surface area contributed by atoms with E-state index in [-0.39, 0.29) is 11.3 Å². The fourth-order valence-electron chi connectivity index (χ4n) is 6.95. The minimum Gasteiger partial charge on any atom is -0.371 e. The molecule has 4 aromatic rings. The number of rotatable bonds is 8. The number of benzene rings is 4. The zero-order chi connectivity index (χ0) is 34.1. The Morgan fingerprint density at radius 3 is 2.15 bits per heavy atom. The van der Waals surface area contributed by atoms with Crippen molar-refractivity contribution < 1.29 is 22.8 Å². The molecule has 0 bridgehead atoms. The second-order valence-electron chi connectivity index (χ2n) is 14.1. The highest BCUT2D eigenvalue weighted by atomic mass is 19.4. The molecule has 2 amide bonds.